The van der Waals surface area contributed by atoms with Gasteiger partial charge in [0, 0.05) is 11.6 Å². The molecule has 17 heavy (non-hydrogen) atoms. The molecule has 90 valence electrons. The number of nitrogens with zero attached hydrogens (tertiary/aromatic N) is 1. The quantitative estimate of drug-likeness (QED) is 0.883. The van der Waals surface area contributed by atoms with E-state index in [0.717, 1.165) is 12.8 Å². The standard InChI is InChI=1S/C13H15FN2O/c1-2-4-11(15)13-8-12(16-17-13)9-5-3-6-10(14)7-9/h3,5-8,11H,2,4,15H2,1H3. The molecule has 1 aromatic carbocycles. The van der Waals surface area contributed by atoms with Crippen LogP contribution in [0.15, 0.2) is 34.9 Å². The smallest absolute Gasteiger partial charge is 0.154 e. The Labute approximate surface area is 99.4 Å². The van der Waals surface area contributed by atoms with Gasteiger partial charge in [-0.05, 0) is 18.6 Å². The van der Waals surface area contributed by atoms with E-state index in [4.69, 9.17) is 10.3 Å². The molecule has 0 saturated heterocycles. The SMILES string of the molecule is CCCC(N)c1cc(-c2cccc(F)c2)no1. The van der Waals surface area contributed by atoms with Crippen molar-refractivity contribution in [2.24, 2.45) is 5.73 Å². The van der Waals surface area contributed by atoms with Gasteiger partial charge in [-0.3, -0.25) is 0 Å². The number of benzene rings is 1. The molecule has 2 aromatic rings. The Morgan fingerprint density at radius 2 is 2.24 bits per heavy atom. The molecule has 0 spiro atoms. The summed E-state index contributed by atoms with van der Waals surface area (Å²) in [5.74, 6) is 0.357. The first-order valence-electron chi connectivity index (χ1n) is 5.69. The van der Waals surface area contributed by atoms with Gasteiger partial charge in [-0.15, -0.1) is 0 Å². The Balaban J connectivity index is 2.23. The van der Waals surface area contributed by atoms with Crippen LogP contribution in [-0.2, 0) is 0 Å². The molecule has 0 radical (unpaired) electrons. The van der Waals surface area contributed by atoms with Gasteiger partial charge < -0.3 is 10.3 Å². The zero-order valence-electron chi connectivity index (χ0n) is 9.69. The van der Waals surface area contributed by atoms with E-state index in [1.54, 1.807) is 18.2 Å². The van der Waals surface area contributed by atoms with Crippen molar-refractivity contribution in [3.05, 3.63) is 41.9 Å². The average Bonchev–Trinajstić information content (AvgIpc) is 2.78. The lowest BCUT2D eigenvalue weighted by atomic mass is 10.1. The second-order valence-corrected chi connectivity index (χ2v) is 4.02. The third-order valence-corrected chi connectivity index (χ3v) is 2.61. The van der Waals surface area contributed by atoms with Crippen LogP contribution in [0.1, 0.15) is 31.6 Å². The van der Waals surface area contributed by atoms with Crippen molar-refractivity contribution in [3.63, 3.8) is 0 Å². The number of nitrogens with two attached hydrogens (primary N) is 1. The Hall–Kier alpha value is -1.68. The zero-order chi connectivity index (χ0) is 12.3. The molecule has 3 nitrogen and oxygen atoms in total. The molecule has 0 aliphatic carbocycles. The number of hydrogen-bond acceptors (Lipinski definition) is 3. The van der Waals surface area contributed by atoms with Gasteiger partial charge in [0.1, 0.15) is 11.5 Å². The highest BCUT2D eigenvalue weighted by atomic mass is 19.1. The summed E-state index contributed by atoms with van der Waals surface area (Å²) >= 11 is 0. The molecule has 1 heterocycles. The van der Waals surface area contributed by atoms with Crippen LogP contribution in [0.5, 0.6) is 0 Å². The summed E-state index contributed by atoms with van der Waals surface area (Å²) in [5.41, 5.74) is 7.23. The van der Waals surface area contributed by atoms with Crippen molar-refractivity contribution in [2.75, 3.05) is 0 Å². The number of aromatic nitrogens is 1. The van der Waals surface area contributed by atoms with E-state index in [2.05, 4.69) is 12.1 Å². The van der Waals surface area contributed by atoms with E-state index in [1.165, 1.54) is 12.1 Å². The second-order valence-electron chi connectivity index (χ2n) is 4.02. The van der Waals surface area contributed by atoms with Gasteiger partial charge >= 0.3 is 0 Å². The summed E-state index contributed by atoms with van der Waals surface area (Å²) in [5, 5.41) is 3.91. The van der Waals surface area contributed by atoms with E-state index >= 15 is 0 Å². The summed E-state index contributed by atoms with van der Waals surface area (Å²) in [6, 6.07) is 7.88. The molecule has 0 bridgehead atoms. The molecular weight excluding hydrogens is 219 g/mol. The maximum Gasteiger partial charge on any atom is 0.154 e. The van der Waals surface area contributed by atoms with Crippen molar-refractivity contribution in [2.45, 2.75) is 25.8 Å². The Morgan fingerprint density at radius 3 is 2.94 bits per heavy atom. The molecular formula is C13H15FN2O. The van der Waals surface area contributed by atoms with Crippen LogP contribution in [0.3, 0.4) is 0 Å². The molecule has 0 saturated carbocycles. The first-order valence-corrected chi connectivity index (χ1v) is 5.69. The number of rotatable bonds is 4. The van der Waals surface area contributed by atoms with Crippen LogP contribution in [0, 0.1) is 5.82 Å². The predicted molar refractivity (Wildman–Crippen MR) is 63.7 cm³/mol. The Morgan fingerprint density at radius 1 is 1.41 bits per heavy atom. The van der Waals surface area contributed by atoms with Gasteiger partial charge in [-0.25, -0.2) is 4.39 Å². The molecule has 0 amide bonds. The summed E-state index contributed by atoms with van der Waals surface area (Å²) in [6.45, 7) is 2.06. The highest BCUT2D eigenvalue weighted by molar-refractivity contribution is 5.58. The van der Waals surface area contributed by atoms with Crippen LogP contribution in [-0.4, -0.2) is 5.16 Å². The van der Waals surface area contributed by atoms with Crippen molar-refractivity contribution in [1.82, 2.24) is 5.16 Å². The van der Waals surface area contributed by atoms with Gasteiger partial charge in [-0.1, -0.05) is 30.6 Å². The minimum atomic E-state index is -0.287. The van der Waals surface area contributed by atoms with Crippen LogP contribution in [0.2, 0.25) is 0 Å². The van der Waals surface area contributed by atoms with Crippen LogP contribution >= 0.6 is 0 Å². The fourth-order valence-electron chi connectivity index (χ4n) is 1.70. The highest BCUT2D eigenvalue weighted by Crippen LogP contribution is 2.23. The van der Waals surface area contributed by atoms with Crippen molar-refractivity contribution in [3.8, 4) is 11.3 Å². The molecule has 1 atom stereocenters. The monoisotopic (exact) mass is 234 g/mol. The Bertz CT molecular complexity index is 496. The number of halogens is 1. The van der Waals surface area contributed by atoms with Crippen molar-refractivity contribution >= 4 is 0 Å². The van der Waals surface area contributed by atoms with E-state index in [-0.39, 0.29) is 11.9 Å². The predicted octanol–water partition coefficient (Wildman–Crippen LogP) is 3.28. The second kappa shape index (κ2) is 5.10. The lowest BCUT2D eigenvalue weighted by molar-refractivity contribution is 0.356. The maximum absolute atomic E-state index is 13.1. The summed E-state index contributed by atoms with van der Waals surface area (Å²) in [7, 11) is 0. The topological polar surface area (TPSA) is 52.0 Å². The summed E-state index contributed by atoms with van der Waals surface area (Å²) < 4.78 is 18.2. The minimum absolute atomic E-state index is 0.144. The molecule has 1 unspecified atom stereocenters. The van der Waals surface area contributed by atoms with Crippen LogP contribution in [0.25, 0.3) is 11.3 Å². The van der Waals surface area contributed by atoms with Crippen LogP contribution < -0.4 is 5.73 Å². The summed E-state index contributed by atoms with van der Waals surface area (Å²) in [6.07, 6.45) is 1.83. The van der Waals surface area contributed by atoms with E-state index in [0.29, 0.717) is 17.0 Å². The van der Waals surface area contributed by atoms with Crippen LogP contribution in [0.4, 0.5) is 4.39 Å². The van der Waals surface area contributed by atoms with E-state index in [1.807, 2.05) is 0 Å². The lowest BCUT2D eigenvalue weighted by Gasteiger charge is -2.03. The van der Waals surface area contributed by atoms with E-state index < -0.39 is 0 Å². The van der Waals surface area contributed by atoms with Gasteiger partial charge in [-0.2, -0.15) is 0 Å². The molecule has 2 rings (SSSR count). The van der Waals surface area contributed by atoms with Crippen molar-refractivity contribution < 1.29 is 8.91 Å². The van der Waals surface area contributed by atoms with Gasteiger partial charge in [0.25, 0.3) is 0 Å². The normalized spacial score (nSPS) is 12.6. The minimum Gasteiger partial charge on any atom is -0.359 e. The number of hydrogen-bond donors (Lipinski definition) is 1. The fraction of sp³-hybridized carbons (Fsp3) is 0.308. The first kappa shape index (κ1) is 11.8. The maximum atomic E-state index is 13.1. The van der Waals surface area contributed by atoms with Gasteiger partial charge in [0.15, 0.2) is 5.76 Å². The van der Waals surface area contributed by atoms with Gasteiger partial charge in [0.2, 0.25) is 0 Å². The average molecular weight is 234 g/mol. The summed E-state index contributed by atoms with van der Waals surface area (Å²) in [4.78, 5) is 0. The lowest BCUT2D eigenvalue weighted by Crippen LogP contribution is -2.08. The first-order chi connectivity index (χ1) is 8.20. The van der Waals surface area contributed by atoms with Crippen molar-refractivity contribution in [1.29, 1.82) is 0 Å². The molecule has 0 aliphatic rings. The third kappa shape index (κ3) is 2.71. The highest BCUT2D eigenvalue weighted by Gasteiger charge is 2.13. The third-order valence-electron chi connectivity index (χ3n) is 2.61. The molecule has 1 aromatic heterocycles. The van der Waals surface area contributed by atoms with E-state index in [9.17, 15) is 4.39 Å². The molecule has 2 N–H and O–H groups in total. The largest absolute Gasteiger partial charge is 0.359 e. The molecule has 0 fully saturated rings. The molecule has 0 aliphatic heterocycles. The zero-order valence-corrected chi connectivity index (χ0v) is 9.69. The Kier molecular flexibility index (Phi) is 3.54. The molecule has 4 heteroatoms. The fourth-order valence-corrected chi connectivity index (χ4v) is 1.70. The van der Waals surface area contributed by atoms with Gasteiger partial charge in [0.05, 0.1) is 6.04 Å².